The Hall–Kier alpha value is -3.52. The molecule has 2 heteroatoms. The summed E-state index contributed by atoms with van der Waals surface area (Å²) in [7, 11) is 0. The van der Waals surface area contributed by atoms with Crippen LogP contribution in [-0.4, -0.2) is 5.79 Å². The van der Waals surface area contributed by atoms with Crippen LogP contribution in [0.15, 0.2) is 83.9 Å². The summed E-state index contributed by atoms with van der Waals surface area (Å²) < 4.78 is 13.6. The predicted octanol–water partition coefficient (Wildman–Crippen LogP) is 7.76. The van der Waals surface area contributed by atoms with Crippen molar-refractivity contribution in [3.63, 3.8) is 0 Å². The highest BCUT2D eigenvalue weighted by Crippen LogP contribution is 2.49. The van der Waals surface area contributed by atoms with Gasteiger partial charge >= 0.3 is 0 Å². The first-order valence-corrected chi connectivity index (χ1v) is 11.1. The molecule has 31 heavy (non-hydrogen) atoms. The highest BCUT2D eigenvalue weighted by molar-refractivity contribution is 5.96. The van der Waals surface area contributed by atoms with Crippen molar-refractivity contribution < 1.29 is 9.47 Å². The Morgan fingerprint density at radius 1 is 0.581 bits per heavy atom. The molecule has 6 rings (SSSR count). The average molecular weight is 405 g/mol. The van der Waals surface area contributed by atoms with E-state index in [-0.39, 0.29) is 0 Å². The van der Waals surface area contributed by atoms with Crippen molar-refractivity contribution in [1.29, 1.82) is 0 Å². The van der Waals surface area contributed by atoms with Crippen LogP contribution in [0.3, 0.4) is 0 Å². The van der Waals surface area contributed by atoms with Crippen molar-refractivity contribution >= 4 is 33.7 Å². The van der Waals surface area contributed by atoms with E-state index in [9.17, 15) is 0 Å². The lowest BCUT2D eigenvalue weighted by atomic mass is 9.85. The minimum atomic E-state index is -0.881. The fraction of sp³-hybridized carbons (Fsp3) is 0.172. The van der Waals surface area contributed by atoms with E-state index in [2.05, 4.69) is 98.8 Å². The molecule has 152 valence electrons. The molecule has 0 saturated heterocycles. The summed E-state index contributed by atoms with van der Waals surface area (Å²) in [6, 6.07) is 25.4. The van der Waals surface area contributed by atoms with Crippen molar-refractivity contribution in [2.45, 2.75) is 32.5 Å². The van der Waals surface area contributed by atoms with E-state index < -0.39 is 5.79 Å². The van der Waals surface area contributed by atoms with E-state index >= 15 is 0 Å². The number of benzene rings is 4. The third-order valence-corrected chi connectivity index (χ3v) is 6.61. The van der Waals surface area contributed by atoms with Gasteiger partial charge in [-0.2, -0.15) is 0 Å². The zero-order valence-corrected chi connectivity index (χ0v) is 17.8. The number of hydrogen-bond acceptors (Lipinski definition) is 2. The van der Waals surface area contributed by atoms with Crippen molar-refractivity contribution in [2.24, 2.45) is 0 Å². The van der Waals surface area contributed by atoms with E-state index in [1.807, 2.05) is 0 Å². The Morgan fingerprint density at radius 3 is 1.48 bits per heavy atom. The first kappa shape index (κ1) is 18.3. The largest absolute Gasteiger partial charge is 0.444 e. The summed E-state index contributed by atoms with van der Waals surface area (Å²) in [5.74, 6) is 0.869. The molecule has 0 aromatic heterocycles. The summed E-state index contributed by atoms with van der Waals surface area (Å²) in [5, 5.41) is 4.87. The van der Waals surface area contributed by atoms with Crippen LogP contribution in [0.2, 0.25) is 0 Å². The summed E-state index contributed by atoms with van der Waals surface area (Å²) >= 11 is 0. The minimum Gasteiger partial charge on any atom is -0.444 e. The summed E-state index contributed by atoms with van der Waals surface area (Å²) in [6.45, 7) is 4.36. The maximum Gasteiger partial charge on any atom is 0.297 e. The van der Waals surface area contributed by atoms with E-state index in [4.69, 9.17) is 9.47 Å². The molecule has 0 saturated carbocycles. The van der Waals surface area contributed by atoms with Gasteiger partial charge in [0.25, 0.3) is 5.79 Å². The van der Waals surface area contributed by atoms with E-state index in [1.54, 1.807) is 0 Å². The number of hydrogen-bond donors (Lipinski definition) is 0. The number of rotatable bonds is 2. The zero-order chi connectivity index (χ0) is 21.0. The molecule has 2 aliphatic heterocycles. The minimum absolute atomic E-state index is 0.850. The van der Waals surface area contributed by atoms with E-state index in [0.717, 1.165) is 46.6 Å². The molecule has 1 spiro atoms. The molecule has 0 bridgehead atoms. The molecule has 2 aliphatic rings. The lowest BCUT2D eigenvalue weighted by molar-refractivity contribution is -0.0553. The van der Waals surface area contributed by atoms with Crippen LogP contribution in [0.1, 0.15) is 37.8 Å². The molecule has 0 radical (unpaired) electrons. The SMILES string of the molecule is CCC1=Cc2c(ccc3ccccc23)OC12Oc1ccc3ccccc3c1C=C2CC. The highest BCUT2D eigenvalue weighted by Gasteiger charge is 2.47. The van der Waals surface area contributed by atoms with Gasteiger partial charge < -0.3 is 9.47 Å². The summed E-state index contributed by atoms with van der Waals surface area (Å²) in [5.41, 5.74) is 4.60. The summed E-state index contributed by atoms with van der Waals surface area (Å²) in [4.78, 5) is 0. The molecule has 0 aliphatic carbocycles. The maximum atomic E-state index is 6.79. The maximum absolute atomic E-state index is 6.79. The van der Waals surface area contributed by atoms with Gasteiger partial charge in [0.15, 0.2) is 0 Å². The van der Waals surface area contributed by atoms with Gasteiger partial charge in [0.05, 0.1) is 0 Å². The van der Waals surface area contributed by atoms with Crippen LogP contribution < -0.4 is 9.47 Å². The van der Waals surface area contributed by atoms with Gasteiger partial charge in [0.1, 0.15) is 11.5 Å². The van der Waals surface area contributed by atoms with Crippen molar-refractivity contribution in [3.8, 4) is 11.5 Å². The first-order valence-electron chi connectivity index (χ1n) is 11.1. The quantitative estimate of drug-likeness (QED) is 0.340. The molecule has 0 fully saturated rings. The van der Waals surface area contributed by atoms with Gasteiger partial charge in [0.2, 0.25) is 0 Å². The van der Waals surface area contributed by atoms with Crippen LogP contribution in [-0.2, 0) is 0 Å². The normalized spacial score (nSPS) is 16.2. The fourth-order valence-electron chi connectivity index (χ4n) is 5.03. The van der Waals surface area contributed by atoms with Crippen molar-refractivity contribution in [3.05, 3.63) is 95.1 Å². The average Bonchev–Trinajstić information content (AvgIpc) is 2.83. The molecule has 2 heterocycles. The fourth-order valence-corrected chi connectivity index (χ4v) is 5.03. The highest BCUT2D eigenvalue weighted by atomic mass is 16.7. The van der Waals surface area contributed by atoms with Crippen molar-refractivity contribution in [1.82, 2.24) is 0 Å². The van der Waals surface area contributed by atoms with Gasteiger partial charge in [-0.15, -0.1) is 0 Å². The lowest BCUT2D eigenvalue weighted by Gasteiger charge is -2.43. The predicted molar refractivity (Wildman–Crippen MR) is 128 cm³/mol. The molecule has 0 unspecified atom stereocenters. The topological polar surface area (TPSA) is 18.5 Å². The molecular formula is C29H24O2. The standard InChI is InChI=1S/C29H24O2/c1-3-21-17-25-23-11-7-5-9-19(23)13-15-27(25)30-29(21)22(4-2)18-26-24-12-8-6-10-20(24)14-16-28(26)31-29/h5-18H,3-4H2,1-2H3. The second-order valence-electron chi connectivity index (χ2n) is 8.26. The number of ether oxygens (including phenoxy) is 2. The third kappa shape index (κ3) is 2.58. The smallest absolute Gasteiger partial charge is 0.297 e. The van der Waals surface area contributed by atoms with Crippen LogP contribution in [0.5, 0.6) is 11.5 Å². The lowest BCUT2D eigenvalue weighted by Crippen LogP contribution is -2.48. The Bertz CT molecular complexity index is 1300. The first-order chi connectivity index (χ1) is 15.2. The van der Waals surface area contributed by atoms with Gasteiger partial charge in [-0.25, -0.2) is 0 Å². The van der Waals surface area contributed by atoms with Gasteiger partial charge in [-0.05, 0) is 58.7 Å². The molecular weight excluding hydrogens is 380 g/mol. The monoisotopic (exact) mass is 404 g/mol. The van der Waals surface area contributed by atoms with E-state index in [1.165, 1.54) is 21.5 Å². The second kappa shape index (κ2) is 6.75. The number of fused-ring (bicyclic) bond motifs is 6. The molecule has 0 atom stereocenters. The Morgan fingerprint density at radius 2 is 1.03 bits per heavy atom. The Kier molecular flexibility index (Phi) is 3.97. The third-order valence-electron chi connectivity index (χ3n) is 6.61. The van der Waals surface area contributed by atoms with Crippen LogP contribution in [0.25, 0.3) is 33.7 Å². The van der Waals surface area contributed by atoms with Gasteiger partial charge in [-0.3, -0.25) is 0 Å². The molecule has 4 aromatic carbocycles. The van der Waals surface area contributed by atoms with Gasteiger partial charge in [-0.1, -0.05) is 74.5 Å². The van der Waals surface area contributed by atoms with E-state index in [0.29, 0.717) is 0 Å². The van der Waals surface area contributed by atoms with Crippen LogP contribution in [0.4, 0.5) is 0 Å². The molecule has 2 nitrogen and oxygen atoms in total. The molecule has 0 N–H and O–H groups in total. The zero-order valence-electron chi connectivity index (χ0n) is 17.8. The second-order valence-corrected chi connectivity index (χ2v) is 8.26. The van der Waals surface area contributed by atoms with Crippen LogP contribution in [0, 0.1) is 0 Å². The molecule has 0 amide bonds. The Labute approximate surface area is 182 Å². The van der Waals surface area contributed by atoms with Crippen molar-refractivity contribution in [2.75, 3.05) is 0 Å². The van der Waals surface area contributed by atoms with Crippen LogP contribution >= 0.6 is 0 Å². The summed E-state index contributed by atoms with van der Waals surface area (Å²) in [6.07, 6.45) is 6.28. The Balaban J connectivity index is 1.58. The molecule has 4 aromatic rings. The van der Waals surface area contributed by atoms with Gasteiger partial charge in [0, 0.05) is 22.3 Å².